The summed E-state index contributed by atoms with van der Waals surface area (Å²) in [4.78, 5) is 11.8. The van der Waals surface area contributed by atoms with Crippen LogP contribution < -0.4 is 0 Å². The van der Waals surface area contributed by atoms with Crippen LogP contribution in [-0.2, 0) is 22.3 Å². The fraction of sp³-hybridized carbons (Fsp3) is 0.500. The molecule has 0 unspecified atom stereocenters. The van der Waals surface area contributed by atoms with Crippen LogP contribution in [0.2, 0.25) is 0 Å². The normalized spacial score (nSPS) is 13.7. The van der Waals surface area contributed by atoms with Crippen LogP contribution in [0.4, 0.5) is 0 Å². The monoisotopic (exact) mass is 234 g/mol. The third-order valence-corrected chi connectivity index (χ3v) is 3.09. The Morgan fingerprint density at radius 2 is 2.06 bits per heavy atom. The van der Waals surface area contributed by atoms with Crippen LogP contribution >= 0.6 is 0 Å². The van der Waals surface area contributed by atoms with Crippen molar-refractivity contribution in [3.05, 3.63) is 34.9 Å². The van der Waals surface area contributed by atoms with Crippen molar-refractivity contribution in [2.24, 2.45) is 0 Å². The number of fused-ring (bicyclic) bond motifs is 1. The highest BCUT2D eigenvalue weighted by Gasteiger charge is 2.13. The Hall–Kier alpha value is -1.19. The van der Waals surface area contributed by atoms with E-state index < -0.39 is 0 Å². The zero-order chi connectivity index (χ0) is 12.1. The molecular formula is C14H18O3. The van der Waals surface area contributed by atoms with Crippen molar-refractivity contribution in [2.75, 3.05) is 26.9 Å². The lowest BCUT2D eigenvalue weighted by molar-refractivity contribution is 0.0577. The summed E-state index contributed by atoms with van der Waals surface area (Å²) in [6, 6.07) is 6.00. The van der Waals surface area contributed by atoms with E-state index in [-0.39, 0.29) is 12.4 Å². The summed E-state index contributed by atoms with van der Waals surface area (Å²) in [5.74, 6) is 0.0517. The van der Waals surface area contributed by atoms with Gasteiger partial charge < -0.3 is 9.47 Å². The van der Waals surface area contributed by atoms with E-state index in [0.717, 1.165) is 18.4 Å². The molecule has 1 aliphatic rings. The molecule has 0 radical (unpaired) electrons. The van der Waals surface area contributed by atoms with Gasteiger partial charge in [-0.2, -0.15) is 0 Å². The maximum Gasteiger partial charge on any atom is 0.188 e. The van der Waals surface area contributed by atoms with Crippen molar-refractivity contribution in [1.82, 2.24) is 0 Å². The third kappa shape index (κ3) is 3.14. The lowest BCUT2D eigenvalue weighted by atomic mass is 10.0. The topological polar surface area (TPSA) is 35.5 Å². The van der Waals surface area contributed by atoms with E-state index in [1.54, 1.807) is 7.11 Å². The van der Waals surface area contributed by atoms with Crippen LogP contribution in [0.3, 0.4) is 0 Å². The van der Waals surface area contributed by atoms with Gasteiger partial charge in [-0.05, 0) is 36.5 Å². The molecule has 0 amide bonds. The third-order valence-electron chi connectivity index (χ3n) is 3.09. The molecule has 17 heavy (non-hydrogen) atoms. The average molecular weight is 234 g/mol. The molecule has 0 fully saturated rings. The van der Waals surface area contributed by atoms with Gasteiger partial charge in [0.25, 0.3) is 0 Å². The highest BCUT2D eigenvalue weighted by molar-refractivity contribution is 5.97. The molecule has 0 atom stereocenters. The summed E-state index contributed by atoms with van der Waals surface area (Å²) in [5.41, 5.74) is 3.48. The number of hydrogen-bond acceptors (Lipinski definition) is 3. The number of rotatable bonds is 6. The highest BCUT2D eigenvalue weighted by Crippen LogP contribution is 2.22. The lowest BCUT2D eigenvalue weighted by Crippen LogP contribution is -2.12. The number of methoxy groups -OCH3 is 1. The Bertz CT molecular complexity index is 398. The molecule has 3 heteroatoms. The van der Waals surface area contributed by atoms with Crippen molar-refractivity contribution in [1.29, 1.82) is 0 Å². The SMILES string of the molecule is COCCOCC(=O)c1ccc2c(c1)CCC2. The smallest absolute Gasteiger partial charge is 0.188 e. The molecule has 92 valence electrons. The predicted molar refractivity (Wildman–Crippen MR) is 65.5 cm³/mol. The van der Waals surface area contributed by atoms with Crippen molar-refractivity contribution < 1.29 is 14.3 Å². The van der Waals surface area contributed by atoms with E-state index in [1.807, 2.05) is 12.1 Å². The van der Waals surface area contributed by atoms with Gasteiger partial charge in [-0.1, -0.05) is 12.1 Å². The van der Waals surface area contributed by atoms with Crippen molar-refractivity contribution >= 4 is 5.78 Å². The van der Waals surface area contributed by atoms with Gasteiger partial charge in [0.2, 0.25) is 0 Å². The number of carbonyl (C=O) groups is 1. The Morgan fingerprint density at radius 1 is 1.24 bits per heavy atom. The van der Waals surface area contributed by atoms with Crippen LogP contribution in [0.5, 0.6) is 0 Å². The zero-order valence-corrected chi connectivity index (χ0v) is 10.2. The second kappa shape index (κ2) is 5.94. The molecule has 0 bridgehead atoms. The summed E-state index contributed by atoms with van der Waals surface area (Å²) in [6.45, 7) is 1.13. The highest BCUT2D eigenvalue weighted by atomic mass is 16.5. The first-order valence-corrected chi connectivity index (χ1v) is 6.03. The molecule has 1 aliphatic carbocycles. The van der Waals surface area contributed by atoms with E-state index in [4.69, 9.17) is 9.47 Å². The zero-order valence-electron chi connectivity index (χ0n) is 10.2. The number of ether oxygens (including phenoxy) is 2. The Labute approximate surface area is 102 Å². The molecule has 0 aliphatic heterocycles. The first kappa shape index (κ1) is 12.3. The fourth-order valence-electron chi connectivity index (χ4n) is 2.14. The van der Waals surface area contributed by atoms with Crippen LogP contribution in [0, 0.1) is 0 Å². The van der Waals surface area contributed by atoms with Crippen LogP contribution in [0.15, 0.2) is 18.2 Å². The molecule has 0 saturated carbocycles. The van der Waals surface area contributed by atoms with E-state index >= 15 is 0 Å². The van der Waals surface area contributed by atoms with Crippen molar-refractivity contribution in [3.8, 4) is 0 Å². The summed E-state index contributed by atoms with van der Waals surface area (Å²) in [5, 5.41) is 0. The number of carbonyl (C=O) groups excluding carboxylic acids is 1. The molecule has 0 aromatic heterocycles. The van der Waals surface area contributed by atoms with E-state index in [1.165, 1.54) is 17.5 Å². The number of hydrogen-bond donors (Lipinski definition) is 0. The molecule has 0 heterocycles. The van der Waals surface area contributed by atoms with E-state index in [9.17, 15) is 4.79 Å². The summed E-state index contributed by atoms with van der Waals surface area (Å²) >= 11 is 0. The number of aryl methyl sites for hydroxylation is 2. The van der Waals surface area contributed by atoms with Gasteiger partial charge in [-0.15, -0.1) is 0 Å². The lowest BCUT2D eigenvalue weighted by Gasteiger charge is -2.05. The molecule has 0 N–H and O–H groups in total. The van der Waals surface area contributed by atoms with Crippen LogP contribution in [0.1, 0.15) is 27.9 Å². The minimum Gasteiger partial charge on any atom is -0.382 e. The largest absolute Gasteiger partial charge is 0.382 e. The Balaban J connectivity index is 1.91. The summed E-state index contributed by atoms with van der Waals surface area (Å²) in [6.07, 6.45) is 3.45. The first-order valence-electron chi connectivity index (χ1n) is 6.03. The molecule has 1 aromatic rings. The van der Waals surface area contributed by atoms with Crippen LogP contribution in [0.25, 0.3) is 0 Å². The number of ketones is 1. The summed E-state index contributed by atoms with van der Waals surface area (Å²) in [7, 11) is 1.62. The Morgan fingerprint density at radius 3 is 2.88 bits per heavy atom. The second-order valence-corrected chi connectivity index (χ2v) is 4.31. The molecule has 2 rings (SSSR count). The molecule has 0 saturated heterocycles. The number of benzene rings is 1. The van der Waals surface area contributed by atoms with Gasteiger partial charge in [0.1, 0.15) is 6.61 Å². The molecule has 0 spiro atoms. The average Bonchev–Trinajstić information content (AvgIpc) is 2.81. The van der Waals surface area contributed by atoms with Crippen molar-refractivity contribution in [2.45, 2.75) is 19.3 Å². The maximum atomic E-state index is 11.8. The second-order valence-electron chi connectivity index (χ2n) is 4.31. The predicted octanol–water partition coefficient (Wildman–Crippen LogP) is 2.02. The van der Waals surface area contributed by atoms with Gasteiger partial charge in [0, 0.05) is 12.7 Å². The standard InChI is InChI=1S/C14H18O3/c1-16-7-8-17-10-14(15)13-6-5-11-3-2-4-12(11)9-13/h5-6,9H,2-4,7-8,10H2,1H3. The molecule has 1 aromatic carbocycles. The van der Waals surface area contributed by atoms with E-state index in [2.05, 4.69) is 6.07 Å². The molecular weight excluding hydrogens is 216 g/mol. The number of Topliss-reactive ketones (excluding diaryl/α,β-unsaturated/α-hetero) is 1. The maximum absolute atomic E-state index is 11.8. The minimum atomic E-state index is 0.0517. The van der Waals surface area contributed by atoms with Gasteiger partial charge in [0.15, 0.2) is 5.78 Å². The first-order chi connectivity index (χ1) is 8.31. The van der Waals surface area contributed by atoms with Crippen molar-refractivity contribution in [3.63, 3.8) is 0 Å². The fourth-order valence-corrected chi connectivity index (χ4v) is 2.14. The van der Waals surface area contributed by atoms with Gasteiger partial charge >= 0.3 is 0 Å². The Kier molecular flexibility index (Phi) is 4.29. The van der Waals surface area contributed by atoms with Gasteiger partial charge in [0.05, 0.1) is 13.2 Å². The summed E-state index contributed by atoms with van der Waals surface area (Å²) < 4.78 is 10.1. The van der Waals surface area contributed by atoms with Crippen LogP contribution in [-0.4, -0.2) is 32.7 Å². The molecule has 3 nitrogen and oxygen atoms in total. The van der Waals surface area contributed by atoms with Gasteiger partial charge in [-0.3, -0.25) is 4.79 Å². The van der Waals surface area contributed by atoms with E-state index in [0.29, 0.717) is 13.2 Å². The minimum absolute atomic E-state index is 0.0517. The quantitative estimate of drug-likeness (QED) is 0.558. The van der Waals surface area contributed by atoms with Gasteiger partial charge in [-0.25, -0.2) is 0 Å².